The summed E-state index contributed by atoms with van der Waals surface area (Å²) < 4.78 is 0. The van der Waals surface area contributed by atoms with Crippen molar-refractivity contribution in [1.82, 2.24) is 4.98 Å². The molecular formula is C13H21BN2O. The van der Waals surface area contributed by atoms with E-state index in [1.807, 2.05) is 48.5 Å². The van der Waals surface area contributed by atoms with Crippen LogP contribution in [0.25, 0.3) is 0 Å². The molecular weight excluding hydrogens is 211 g/mol. The Balaban J connectivity index is 2.94. The SMILES string of the molecule is Bc1c(C)cc(NC(=O)C(C)(C)CC)nc1C. The van der Waals surface area contributed by atoms with Crippen LogP contribution < -0.4 is 10.8 Å². The van der Waals surface area contributed by atoms with E-state index >= 15 is 0 Å². The van der Waals surface area contributed by atoms with Crippen LogP contribution in [0.2, 0.25) is 0 Å². The van der Waals surface area contributed by atoms with E-state index in [0.717, 1.165) is 17.7 Å². The number of nitrogens with one attached hydrogen (secondary N) is 1. The molecule has 0 fully saturated rings. The first-order valence-electron chi connectivity index (χ1n) is 6.04. The van der Waals surface area contributed by atoms with Crippen molar-refractivity contribution >= 4 is 25.0 Å². The fraction of sp³-hybridized carbons (Fsp3) is 0.538. The molecule has 0 radical (unpaired) electrons. The molecule has 17 heavy (non-hydrogen) atoms. The van der Waals surface area contributed by atoms with Crippen LogP contribution in [-0.2, 0) is 4.79 Å². The molecule has 0 unspecified atom stereocenters. The monoisotopic (exact) mass is 232 g/mol. The van der Waals surface area contributed by atoms with E-state index < -0.39 is 0 Å². The van der Waals surface area contributed by atoms with Crippen molar-refractivity contribution in [1.29, 1.82) is 0 Å². The number of rotatable bonds is 3. The number of nitrogens with zero attached hydrogens (tertiary/aromatic N) is 1. The summed E-state index contributed by atoms with van der Waals surface area (Å²) in [5, 5.41) is 2.89. The van der Waals surface area contributed by atoms with Crippen molar-refractivity contribution in [3.05, 3.63) is 17.3 Å². The van der Waals surface area contributed by atoms with Gasteiger partial charge in [0.15, 0.2) is 0 Å². The van der Waals surface area contributed by atoms with E-state index in [4.69, 9.17) is 0 Å². The molecule has 1 aromatic heterocycles. The number of pyridine rings is 1. The van der Waals surface area contributed by atoms with Crippen LogP contribution in [0.1, 0.15) is 38.4 Å². The number of amides is 1. The molecule has 0 aromatic carbocycles. The smallest absolute Gasteiger partial charge is 0.231 e. The molecule has 0 aliphatic rings. The normalized spacial score (nSPS) is 11.4. The first-order valence-corrected chi connectivity index (χ1v) is 6.04. The highest BCUT2D eigenvalue weighted by molar-refractivity contribution is 6.34. The third kappa shape index (κ3) is 3.08. The Morgan fingerprint density at radius 1 is 1.47 bits per heavy atom. The molecule has 0 saturated heterocycles. The van der Waals surface area contributed by atoms with Gasteiger partial charge >= 0.3 is 0 Å². The van der Waals surface area contributed by atoms with Crippen molar-refractivity contribution in [3.8, 4) is 0 Å². The van der Waals surface area contributed by atoms with Crippen molar-refractivity contribution in [3.63, 3.8) is 0 Å². The maximum Gasteiger partial charge on any atom is 0.231 e. The summed E-state index contributed by atoms with van der Waals surface area (Å²) in [6.07, 6.45) is 0.808. The summed E-state index contributed by atoms with van der Waals surface area (Å²) in [6, 6.07) is 1.92. The van der Waals surface area contributed by atoms with Gasteiger partial charge in [-0.25, -0.2) is 4.98 Å². The van der Waals surface area contributed by atoms with Crippen molar-refractivity contribution in [2.75, 3.05) is 5.32 Å². The zero-order valence-electron chi connectivity index (χ0n) is 11.6. The summed E-state index contributed by atoms with van der Waals surface area (Å²) in [5.41, 5.74) is 2.95. The number of aryl methyl sites for hydroxylation is 2. The Hall–Kier alpha value is -1.32. The average molecular weight is 232 g/mol. The minimum atomic E-state index is -0.353. The molecule has 1 N–H and O–H groups in total. The van der Waals surface area contributed by atoms with Gasteiger partial charge in [0.1, 0.15) is 13.7 Å². The molecule has 0 spiro atoms. The van der Waals surface area contributed by atoms with Gasteiger partial charge in [-0.05, 0) is 26.3 Å². The van der Waals surface area contributed by atoms with Crippen LogP contribution in [0.3, 0.4) is 0 Å². The highest BCUT2D eigenvalue weighted by Gasteiger charge is 2.25. The summed E-state index contributed by atoms with van der Waals surface area (Å²) >= 11 is 0. The maximum atomic E-state index is 12.0. The summed E-state index contributed by atoms with van der Waals surface area (Å²) in [5.74, 6) is 0.673. The van der Waals surface area contributed by atoms with Gasteiger partial charge < -0.3 is 5.32 Å². The molecule has 0 saturated carbocycles. The lowest BCUT2D eigenvalue weighted by Crippen LogP contribution is -2.31. The minimum Gasteiger partial charge on any atom is -0.310 e. The van der Waals surface area contributed by atoms with Gasteiger partial charge in [-0.15, -0.1) is 0 Å². The first kappa shape index (κ1) is 13.7. The third-order valence-corrected chi connectivity index (χ3v) is 3.52. The second-order valence-electron chi connectivity index (χ2n) is 5.23. The van der Waals surface area contributed by atoms with Crippen LogP contribution >= 0.6 is 0 Å². The fourth-order valence-corrected chi connectivity index (χ4v) is 1.41. The van der Waals surface area contributed by atoms with Crippen LogP contribution in [0, 0.1) is 19.3 Å². The molecule has 4 heteroatoms. The summed E-state index contributed by atoms with van der Waals surface area (Å²) in [7, 11) is 2.04. The first-order chi connectivity index (χ1) is 7.77. The van der Waals surface area contributed by atoms with Crippen molar-refractivity contribution in [2.45, 2.75) is 41.0 Å². The highest BCUT2D eigenvalue weighted by Crippen LogP contribution is 2.21. The molecule has 1 amide bonds. The van der Waals surface area contributed by atoms with E-state index in [1.54, 1.807) is 0 Å². The van der Waals surface area contributed by atoms with Crippen LogP contribution in [0.15, 0.2) is 6.07 Å². The lowest BCUT2D eigenvalue weighted by atomic mass is 9.88. The third-order valence-electron chi connectivity index (χ3n) is 3.52. The topological polar surface area (TPSA) is 42.0 Å². The highest BCUT2D eigenvalue weighted by atomic mass is 16.2. The standard InChI is InChI=1S/C13H21BN2O/c1-6-13(4,5)12(17)16-10-7-8(2)11(14)9(3)15-10/h7H,6,14H2,1-5H3,(H,15,16,17). The molecule has 92 valence electrons. The lowest BCUT2D eigenvalue weighted by molar-refractivity contribution is -0.124. The van der Waals surface area contributed by atoms with Crippen LogP contribution in [0.4, 0.5) is 5.82 Å². The maximum absolute atomic E-state index is 12.0. The quantitative estimate of drug-likeness (QED) is 0.799. The van der Waals surface area contributed by atoms with E-state index in [1.165, 1.54) is 5.46 Å². The van der Waals surface area contributed by atoms with Gasteiger partial charge in [-0.1, -0.05) is 31.8 Å². The molecule has 1 aromatic rings. The van der Waals surface area contributed by atoms with Gasteiger partial charge in [0.05, 0.1) is 0 Å². The lowest BCUT2D eigenvalue weighted by Gasteiger charge is -2.21. The van der Waals surface area contributed by atoms with E-state index in [0.29, 0.717) is 5.82 Å². The van der Waals surface area contributed by atoms with Crippen LogP contribution in [-0.4, -0.2) is 18.7 Å². The molecule has 3 nitrogen and oxygen atoms in total. The van der Waals surface area contributed by atoms with Crippen molar-refractivity contribution < 1.29 is 4.79 Å². The fourth-order valence-electron chi connectivity index (χ4n) is 1.41. The van der Waals surface area contributed by atoms with Gasteiger partial charge in [0.2, 0.25) is 5.91 Å². The van der Waals surface area contributed by atoms with Gasteiger partial charge in [0, 0.05) is 11.1 Å². The molecule has 0 aliphatic carbocycles. The Bertz CT molecular complexity index is 418. The van der Waals surface area contributed by atoms with E-state index in [9.17, 15) is 4.79 Å². The Morgan fingerprint density at radius 2 is 2.06 bits per heavy atom. The predicted octanol–water partition coefficient (Wildman–Crippen LogP) is 1.33. The average Bonchev–Trinajstić information content (AvgIpc) is 2.25. The second-order valence-corrected chi connectivity index (χ2v) is 5.23. The zero-order chi connectivity index (χ0) is 13.2. The zero-order valence-corrected chi connectivity index (χ0v) is 11.6. The summed E-state index contributed by atoms with van der Waals surface area (Å²) in [6.45, 7) is 9.89. The van der Waals surface area contributed by atoms with Crippen molar-refractivity contribution in [2.24, 2.45) is 5.41 Å². The Labute approximate surface area is 104 Å². The number of aromatic nitrogens is 1. The van der Waals surface area contributed by atoms with E-state index in [2.05, 4.69) is 10.3 Å². The number of anilines is 1. The van der Waals surface area contributed by atoms with Gasteiger partial charge in [-0.3, -0.25) is 4.79 Å². The number of carbonyl (C=O) groups is 1. The molecule has 0 bridgehead atoms. The van der Waals surface area contributed by atoms with Crippen LogP contribution in [0.5, 0.6) is 0 Å². The number of hydrogen-bond donors (Lipinski definition) is 1. The Kier molecular flexibility index (Phi) is 3.96. The predicted molar refractivity (Wildman–Crippen MR) is 74.6 cm³/mol. The molecule has 0 atom stereocenters. The number of hydrogen-bond acceptors (Lipinski definition) is 2. The molecule has 1 heterocycles. The molecule has 0 aliphatic heterocycles. The molecule has 1 rings (SSSR count). The van der Waals surface area contributed by atoms with Gasteiger partial charge in [-0.2, -0.15) is 0 Å². The minimum absolute atomic E-state index is 0.0233. The number of carbonyl (C=O) groups excluding carboxylic acids is 1. The largest absolute Gasteiger partial charge is 0.310 e. The summed E-state index contributed by atoms with van der Waals surface area (Å²) in [4.78, 5) is 16.4. The second kappa shape index (κ2) is 4.90. The van der Waals surface area contributed by atoms with Gasteiger partial charge in [0.25, 0.3) is 0 Å². The van der Waals surface area contributed by atoms with E-state index in [-0.39, 0.29) is 11.3 Å². The Morgan fingerprint density at radius 3 is 2.53 bits per heavy atom.